The van der Waals surface area contributed by atoms with E-state index >= 15 is 0 Å². The van der Waals surface area contributed by atoms with E-state index in [2.05, 4.69) is 46.3 Å². The molecule has 0 unspecified atom stereocenters. The largest absolute Gasteiger partial charge is 0.392 e. The summed E-state index contributed by atoms with van der Waals surface area (Å²) in [6.45, 7) is 2.51. The molecule has 216 valence electrons. The number of carbonyl (C=O) groups is 3. The summed E-state index contributed by atoms with van der Waals surface area (Å²) in [4.78, 5) is 58.6. The Morgan fingerprint density at radius 2 is 1.88 bits per heavy atom. The van der Waals surface area contributed by atoms with Gasteiger partial charge in [0.05, 0.1) is 24.0 Å². The average Bonchev–Trinajstić information content (AvgIpc) is 3.35. The first-order valence-corrected chi connectivity index (χ1v) is 14.1. The summed E-state index contributed by atoms with van der Waals surface area (Å²) in [5.41, 5.74) is 1.86. The molecule has 6 rings (SSSR count). The summed E-state index contributed by atoms with van der Waals surface area (Å²) in [6.07, 6.45) is 6.02. The molecule has 2 aliphatic rings. The highest BCUT2D eigenvalue weighted by Crippen LogP contribution is 2.59. The zero-order valence-electron chi connectivity index (χ0n) is 22.8. The predicted octanol–water partition coefficient (Wildman–Crippen LogP) is 2.04. The number of pyridine rings is 2. The van der Waals surface area contributed by atoms with Gasteiger partial charge in [-0.25, -0.2) is 15.0 Å². The molecule has 2 fully saturated rings. The van der Waals surface area contributed by atoms with Crippen LogP contribution in [0.4, 0.5) is 5.82 Å². The lowest BCUT2D eigenvalue weighted by Gasteiger charge is -2.27. The van der Waals surface area contributed by atoms with Gasteiger partial charge in [-0.3, -0.25) is 24.0 Å². The Balaban J connectivity index is 1.30. The van der Waals surface area contributed by atoms with E-state index in [0.717, 1.165) is 6.42 Å². The Hall–Kier alpha value is -4.14. The minimum absolute atomic E-state index is 0.0150. The fourth-order valence-electron chi connectivity index (χ4n) is 5.63. The molecule has 1 aliphatic heterocycles. The molecule has 0 aromatic carbocycles. The van der Waals surface area contributed by atoms with Gasteiger partial charge in [-0.05, 0) is 53.2 Å². The van der Waals surface area contributed by atoms with Gasteiger partial charge >= 0.3 is 0 Å². The molecule has 13 nitrogen and oxygen atoms in total. The van der Waals surface area contributed by atoms with E-state index in [1.54, 1.807) is 42.4 Å². The number of rotatable bonds is 8. The minimum Gasteiger partial charge on any atom is -0.392 e. The van der Waals surface area contributed by atoms with Crippen molar-refractivity contribution in [2.24, 2.45) is 5.41 Å². The van der Waals surface area contributed by atoms with E-state index in [9.17, 15) is 24.6 Å². The van der Waals surface area contributed by atoms with Gasteiger partial charge in [0.25, 0.3) is 0 Å². The van der Waals surface area contributed by atoms with Gasteiger partial charge in [-0.1, -0.05) is 13.0 Å². The molecule has 42 heavy (non-hydrogen) atoms. The number of aryl methyl sites for hydroxylation is 1. The van der Waals surface area contributed by atoms with Crippen molar-refractivity contribution < 1.29 is 24.6 Å². The second-order valence-electron chi connectivity index (χ2n) is 10.9. The Bertz CT molecular complexity index is 1740. The Labute approximate surface area is 248 Å². The molecule has 0 spiro atoms. The van der Waals surface area contributed by atoms with Crippen LogP contribution < -0.4 is 5.32 Å². The third kappa shape index (κ3) is 4.95. The number of nitrogens with zero attached hydrogens (tertiary/aromatic N) is 7. The van der Waals surface area contributed by atoms with Crippen molar-refractivity contribution in [1.82, 2.24) is 34.6 Å². The van der Waals surface area contributed by atoms with Crippen LogP contribution in [0.2, 0.25) is 0 Å². The van der Waals surface area contributed by atoms with Crippen molar-refractivity contribution in [3.05, 3.63) is 58.5 Å². The number of amides is 2. The highest BCUT2D eigenvalue weighted by Gasteiger charge is 2.64. The van der Waals surface area contributed by atoms with Crippen molar-refractivity contribution in [1.29, 1.82) is 0 Å². The summed E-state index contributed by atoms with van der Waals surface area (Å²) in [7, 11) is 0. The molecule has 2 amide bonds. The maximum Gasteiger partial charge on any atom is 0.248 e. The highest BCUT2D eigenvalue weighted by molar-refractivity contribution is 9.10. The van der Waals surface area contributed by atoms with Crippen molar-refractivity contribution in [3.63, 3.8) is 0 Å². The lowest BCUT2D eigenvalue weighted by Crippen LogP contribution is -2.47. The number of hydrogen-bond acceptors (Lipinski definition) is 10. The van der Waals surface area contributed by atoms with Crippen LogP contribution >= 0.6 is 15.9 Å². The second-order valence-corrected chi connectivity index (χ2v) is 11.7. The maximum atomic E-state index is 13.8. The molecule has 3 N–H and O–H groups in total. The van der Waals surface area contributed by atoms with Crippen LogP contribution in [-0.2, 0) is 22.7 Å². The number of aliphatic hydroxyl groups is 2. The molecule has 5 heterocycles. The third-order valence-electron chi connectivity index (χ3n) is 7.99. The van der Waals surface area contributed by atoms with Crippen LogP contribution in [-0.4, -0.2) is 81.1 Å². The number of ketones is 1. The van der Waals surface area contributed by atoms with Gasteiger partial charge in [0.1, 0.15) is 41.1 Å². The van der Waals surface area contributed by atoms with Gasteiger partial charge < -0.3 is 20.4 Å². The molecule has 0 bridgehead atoms. The van der Waals surface area contributed by atoms with E-state index in [-0.39, 0.29) is 42.0 Å². The molecule has 1 aliphatic carbocycles. The molecule has 4 aromatic rings. The lowest BCUT2D eigenvalue weighted by atomic mass is 10.0. The monoisotopic (exact) mass is 634 g/mol. The number of hydrogen-bond donors (Lipinski definition) is 3. The molecule has 1 saturated heterocycles. The number of aliphatic hydroxyl groups excluding tert-OH is 2. The molecule has 3 atom stereocenters. The topological polar surface area (TPSA) is 176 Å². The summed E-state index contributed by atoms with van der Waals surface area (Å²) in [5.74, 6) is -0.511. The predicted molar refractivity (Wildman–Crippen MR) is 153 cm³/mol. The number of fused-ring (bicyclic) bond motifs is 2. The van der Waals surface area contributed by atoms with Crippen molar-refractivity contribution >= 4 is 50.2 Å². The fourth-order valence-corrected chi connectivity index (χ4v) is 5.94. The van der Waals surface area contributed by atoms with Crippen LogP contribution in [0.1, 0.15) is 41.6 Å². The summed E-state index contributed by atoms with van der Waals surface area (Å²) in [5, 5.41) is 26.9. The highest BCUT2D eigenvalue weighted by atomic mass is 79.9. The van der Waals surface area contributed by atoms with Gasteiger partial charge in [0, 0.05) is 34.9 Å². The number of piperidine rings is 1. The zero-order chi connectivity index (χ0) is 29.8. The van der Waals surface area contributed by atoms with E-state index in [4.69, 9.17) is 0 Å². The number of carbonyl (C=O) groups excluding carboxylic acids is 3. The van der Waals surface area contributed by atoms with E-state index in [1.807, 2.05) is 6.92 Å². The van der Waals surface area contributed by atoms with E-state index < -0.39 is 24.3 Å². The zero-order valence-corrected chi connectivity index (χ0v) is 24.4. The molecule has 4 aromatic heterocycles. The minimum atomic E-state index is -0.750. The Kier molecular flexibility index (Phi) is 7.07. The van der Waals surface area contributed by atoms with Gasteiger partial charge in [-0.2, -0.15) is 5.10 Å². The molecule has 0 radical (unpaired) electrons. The van der Waals surface area contributed by atoms with Crippen LogP contribution in [0.5, 0.6) is 0 Å². The number of likely N-dealkylation sites (tertiary alicyclic amines) is 1. The molecule has 14 heteroatoms. The fraction of sp³-hybridized carbons (Fsp3) is 0.357. The van der Waals surface area contributed by atoms with Crippen LogP contribution in [0.25, 0.3) is 22.2 Å². The number of anilines is 1. The lowest BCUT2D eigenvalue weighted by molar-refractivity contribution is -0.138. The van der Waals surface area contributed by atoms with Crippen molar-refractivity contribution in [2.45, 2.75) is 51.9 Å². The van der Waals surface area contributed by atoms with Crippen LogP contribution in [0.3, 0.4) is 0 Å². The number of Topliss-reactive ketones (excluding diaryl/α,β-unsaturated/α-hetero) is 1. The molecule has 1 saturated carbocycles. The Morgan fingerprint density at radius 3 is 2.60 bits per heavy atom. The number of halogens is 1. The van der Waals surface area contributed by atoms with E-state index in [1.165, 1.54) is 10.9 Å². The average molecular weight is 635 g/mol. The van der Waals surface area contributed by atoms with Crippen molar-refractivity contribution in [2.75, 3.05) is 11.9 Å². The third-order valence-corrected chi connectivity index (χ3v) is 8.43. The molecular formula is C28H27BrN8O5. The SMILES string of the molecule is Cc1ncc(-c2cc3c(C(=O)CO)nn(CC(=O)N4[C@H](C(=O)Nc5nc(Br)ccc5CO)C[C@@]5(C)C[C@@H]45)c3cn2)cn1. The quantitative estimate of drug-likeness (QED) is 0.192. The van der Waals surface area contributed by atoms with E-state index in [0.29, 0.717) is 44.6 Å². The van der Waals surface area contributed by atoms with Gasteiger partial charge in [0.15, 0.2) is 0 Å². The van der Waals surface area contributed by atoms with Crippen molar-refractivity contribution in [3.8, 4) is 11.3 Å². The smallest absolute Gasteiger partial charge is 0.248 e. The summed E-state index contributed by atoms with van der Waals surface area (Å²) >= 11 is 3.28. The number of aromatic nitrogens is 6. The van der Waals surface area contributed by atoms with Crippen LogP contribution in [0.15, 0.2) is 41.4 Å². The first kappa shape index (κ1) is 28.0. The standard InChI is InChI=1S/C28H27BrN8O5/c1-14-30-8-16(9-31-14)18-5-17-20(10-32-18)36(35-25(17)21(40)13-39)11-24(41)37-19(6-28(2)7-22(28)37)27(42)34-26-15(12-38)3-4-23(29)33-26/h3-5,8-10,19,22,38-39H,6-7,11-13H2,1-2H3,(H,33,34,42)/t19-,22+,28-/m0/s1. The van der Waals surface area contributed by atoms with Crippen LogP contribution in [0, 0.1) is 12.3 Å². The summed E-state index contributed by atoms with van der Waals surface area (Å²) < 4.78 is 1.88. The molecular weight excluding hydrogens is 608 g/mol. The first-order chi connectivity index (χ1) is 20.1. The maximum absolute atomic E-state index is 13.8. The number of nitrogens with one attached hydrogen (secondary N) is 1. The second kappa shape index (κ2) is 10.6. The Morgan fingerprint density at radius 1 is 1.12 bits per heavy atom. The van der Waals surface area contributed by atoms with Gasteiger partial charge in [-0.15, -0.1) is 0 Å². The summed E-state index contributed by atoms with van der Waals surface area (Å²) in [6, 6.07) is 4.12. The van der Waals surface area contributed by atoms with Gasteiger partial charge in [0.2, 0.25) is 17.6 Å². The normalized spacial score (nSPS) is 20.9. The first-order valence-electron chi connectivity index (χ1n) is 13.3.